The van der Waals surface area contributed by atoms with Gasteiger partial charge in [-0.25, -0.2) is 0 Å². The van der Waals surface area contributed by atoms with E-state index in [0.717, 1.165) is 19.4 Å². The lowest BCUT2D eigenvalue weighted by molar-refractivity contribution is -0.155. The number of nitrogens with zero attached hydrogens (tertiary/aromatic N) is 1. The van der Waals surface area contributed by atoms with E-state index < -0.39 is 0 Å². The molecule has 1 saturated carbocycles. The van der Waals surface area contributed by atoms with Crippen molar-refractivity contribution in [3.8, 4) is 0 Å². The summed E-state index contributed by atoms with van der Waals surface area (Å²) in [5.74, 6) is 0.584. The topological polar surface area (TPSA) is 49.4 Å². The number of carbonyl (C=O) groups is 2. The largest absolute Gasteiger partial charge is 0.302 e. The summed E-state index contributed by atoms with van der Waals surface area (Å²) in [4.78, 5) is 25.4. The van der Waals surface area contributed by atoms with Gasteiger partial charge in [-0.15, -0.1) is 0 Å². The number of imide groups is 1. The standard InChI is InChI=1S/C10H14N2O2/c1-12-4-5-2-6-8(12)7(3-5)10(14)11-9(6)13/h5-8H,2-4H2,1H3,(H,11,13,14). The first-order valence-electron chi connectivity index (χ1n) is 5.22. The normalized spacial score (nSPS) is 46.6. The summed E-state index contributed by atoms with van der Waals surface area (Å²) in [6.45, 7) is 1.05. The Kier molecular flexibility index (Phi) is 1.54. The zero-order valence-corrected chi connectivity index (χ0v) is 8.19. The van der Waals surface area contributed by atoms with Gasteiger partial charge in [0.2, 0.25) is 11.8 Å². The molecule has 4 nitrogen and oxygen atoms in total. The van der Waals surface area contributed by atoms with Crippen molar-refractivity contribution < 1.29 is 9.59 Å². The minimum atomic E-state index is -0.0486. The van der Waals surface area contributed by atoms with Gasteiger partial charge in [0.05, 0.1) is 11.8 Å². The molecule has 3 aliphatic heterocycles. The van der Waals surface area contributed by atoms with Crippen LogP contribution in [0.5, 0.6) is 0 Å². The molecule has 2 amide bonds. The fourth-order valence-corrected chi connectivity index (χ4v) is 3.50. The average molecular weight is 194 g/mol. The molecule has 0 aromatic rings. The van der Waals surface area contributed by atoms with E-state index in [1.807, 2.05) is 7.05 Å². The van der Waals surface area contributed by atoms with Crippen LogP contribution in [0.4, 0.5) is 0 Å². The smallest absolute Gasteiger partial charge is 0.231 e. The zero-order valence-electron chi connectivity index (χ0n) is 8.19. The van der Waals surface area contributed by atoms with Crippen LogP contribution < -0.4 is 5.32 Å². The molecule has 3 saturated heterocycles. The van der Waals surface area contributed by atoms with Crippen molar-refractivity contribution in [2.24, 2.45) is 17.8 Å². The van der Waals surface area contributed by atoms with E-state index in [4.69, 9.17) is 0 Å². The minimum Gasteiger partial charge on any atom is -0.302 e. The molecular formula is C10H14N2O2. The number of rotatable bonds is 0. The van der Waals surface area contributed by atoms with Crippen molar-refractivity contribution in [2.45, 2.75) is 18.9 Å². The molecule has 1 aliphatic carbocycles. The van der Waals surface area contributed by atoms with E-state index >= 15 is 0 Å². The van der Waals surface area contributed by atoms with Gasteiger partial charge in [-0.05, 0) is 25.8 Å². The Morgan fingerprint density at radius 2 is 1.79 bits per heavy atom. The Labute approximate surface area is 82.6 Å². The number of fused-ring (bicyclic) bond motifs is 1. The van der Waals surface area contributed by atoms with Gasteiger partial charge in [0.15, 0.2) is 0 Å². The van der Waals surface area contributed by atoms with E-state index in [0.29, 0.717) is 5.92 Å². The zero-order chi connectivity index (χ0) is 9.87. The van der Waals surface area contributed by atoms with Crippen LogP contribution in [0.1, 0.15) is 12.8 Å². The fourth-order valence-electron chi connectivity index (χ4n) is 3.50. The van der Waals surface area contributed by atoms with E-state index in [1.54, 1.807) is 0 Å². The predicted octanol–water partition coefficient (Wildman–Crippen LogP) is -0.401. The Hall–Kier alpha value is -0.900. The lowest BCUT2D eigenvalue weighted by atomic mass is 9.64. The second kappa shape index (κ2) is 2.57. The Morgan fingerprint density at radius 1 is 1.21 bits per heavy atom. The molecule has 4 rings (SSSR count). The van der Waals surface area contributed by atoms with Crippen molar-refractivity contribution in [3.05, 3.63) is 0 Å². The average Bonchev–Trinajstić information content (AvgIpc) is 2.14. The van der Waals surface area contributed by atoms with Crippen LogP contribution >= 0.6 is 0 Å². The van der Waals surface area contributed by atoms with E-state index in [2.05, 4.69) is 10.2 Å². The lowest BCUT2D eigenvalue weighted by Crippen LogP contribution is -2.67. The molecule has 2 unspecified atom stereocenters. The molecular weight excluding hydrogens is 180 g/mol. The van der Waals surface area contributed by atoms with E-state index in [1.165, 1.54) is 0 Å². The maximum Gasteiger partial charge on any atom is 0.231 e. The van der Waals surface area contributed by atoms with Crippen LogP contribution in [0, 0.1) is 17.8 Å². The van der Waals surface area contributed by atoms with E-state index in [9.17, 15) is 9.59 Å². The number of hydrogen-bond donors (Lipinski definition) is 1. The highest BCUT2D eigenvalue weighted by molar-refractivity contribution is 6.01. The molecule has 76 valence electrons. The Bertz CT molecular complexity index is 291. The van der Waals surface area contributed by atoms with Crippen molar-refractivity contribution in [3.63, 3.8) is 0 Å². The van der Waals surface area contributed by atoms with Gasteiger partial charge in [0, 0.05) is 12.6 Å². The first-order valence-corrected chi connectivity index (χ1v) is 5.22. The third-order valence-electron chi connectivity index (χ3n) is 3.97. The summed E-state index contributed by atoms with van der Waals surface area (Å²) < 4.78 is 0. The van der Waals surface area contributed by atoms with Crippen LogP contribution in [0.25, 0.3) is 0 Å². The second-order valence-corrected chi connectivity index (χ2v) is 4.83. The van der Waals surface area contributed by atoms with Gasteiger partial charge in [-0.3, -0.25) is 14.9 Å². The third kappa shape index (κ3) is 0.919. The van der Waals surface area contributed by atoms with Gasteiger partial charge in [-0.2, -0.15) is 0 Å². The third-order valence-corrected chi connectivity index (χ3v) is 3.97. The molecule has 0 aromatic heterocycles. The number of amides is 2. The molecule has 4 aliphatic rings. The van der Waals surface area contributed by atoms with Crippen molar-refractivity contribution >= 4 is 11.8 Å². The maximum atomic E-state index is 11.6. The summed E-state index contributed by atoms with van der Waals surface area (Å²) in [6.07, 6.45) is 1.95. The van der Waals surface area contributed by atoms with E-state index in [-0.39, 0.29) is 29.7 Å². The van der Waals surface area contributed by atoms with Crippen LogP contribution in [-0.2, 0) is 9.59 Å². The SMILES string of the molecule is CN1CC2CC3C(=O)NC(=O)C(C2)C31. The first-order chi connectivity index (χ1) is 6.66. The van der Waals surface area contributed by atoms with Crippen LogP contribution in [0.2, 0.25) is 0 Å². The molecule has 3 heterocycles. The molecule has 0 spiro atoms. The Balaban J connectivity index is 2.01. The van der Waals surface area contributed by atoms with Crippen molar-refractivity contribution in [1.29, 1.82) is 0 Å². The molecule has 14 heavy (non-hydrogen) atoms. The van der Waals surface area contributed by atoms with Crippen LogP contribution in [0.15, 0.2) is 0 Å². The summed E-state index contributed by atoms with van der Waals surface area (Å²) in [6, 6.07) is 0.182. The van der Waals surface area contributed by atoms with Crippen LogP contribution in [0.3, 0.4) is 0 Å². The minimum absolute atomic E-state index is 0.0486. The van der Waals surface area contributed by atoms with Crippen molar-refractivity contribution in [2.75, 3.05) is 13.6 Å². The number of carbonyl (C=O) groups excluding carboxylic acids is 2. The first kappa shape index (κ1) is 8.41. The second-order valence-electron chi connectivity index (χ2n) is 4.83. The van der Waals surface area contributed by atoms with Gasteiger partial charge in [-0.1, -0.05) is 0 Å². The molecule has 0 aromatic carbocycles. The summed E-state index contributed by atoms with van der Waals surface area (Å²) in [7, 11) is 2.03. The molecule has 4 heteroatoms. The summed E-state index contributed by atoms with van der Waals surface area (Å²) in [5.41, 5.74) is 0. The molecule has 0 radical (unpaired) electrons. The number of nitrogens with one attached hydrogen (secondary N) is 1. The highest BCUT2D eigenvalue weighted by Crippen LogP contribution is 2.43. The quantitative estimate of drug-likeness (QED) is 0.534. The van der Waals surface area contributed by atoms with Crippen LogP contribution in [-0.4, -0.2) is 36.3 Å². The Morgan fingerprint density at radius 3 is 2.29 bits per heavy atom. The lowest BCUT2D eigenvalue weighted by Gasteiger charge is -2.53. The summed E-state index contributed by atoms with van der Waals surface area (Å²) >= 11 is 0. The molecule has 2 atom stereocenters. The van der Waals surface area contributed by atoms with Gasteiger partial charge in [0.1, 0.15) is 0 Å². The number of piperidine rings is 3. The highest BCUT2D eigenvalue weighted by Gasteiger charge is 2.53. The van der Waals surface area contributed by atoms with Gasteiger partial charge in [0.25, 0.3) is 0 Å². The number of hydrogen-bond acceptors (Lipinski definition) is 3. The molecule has 4 fully saturated rings. The highest BCUT2D eigenvalue weighted by atomic mass is 16.2. The van der Waals surface area contributed by atoms with Crippen molar-refractivity contribution in [1.82, 2.24) is 10.2 Å². The monoisotopic (exact) mass is 194 g/mol. The molecule has 4 bridgehead atoms. The fraction of sp³-hybridized carbons (Fsp3) is 0.800. The predicted molar refractivity (Wildman–Crippen MR) is 49.3 cm³/mol. The van der Waals surface area contributed by atoms with Gasteiger partial charge >= 0.3 is 0 Å². The summed E-state index contributed by atoms with van der Waals surface area (Å²) in [5, 5.41) is 2.48. The maximum absolute atomic E-state index is 11.6. The molecule has 1 N–H and O–H groups in total. The van der Waals surface area contributed by atoms with Gasteiger partial charge < -0.3 is 4.90 Å².